The first kappa shape index (κ1) is 20.1. The highest BCUT2D eigenvalue weighted by Crippen LogP contribution is 2.27. The number of para-hydroxylation sites is 1. The standard InChI is InChI=1S/C25H26N2O3/c28-24(22-8-6-21(7-9-22)19-30-23-4-2-1-3-5-23)27-16-12-25(29,13-17-27)18-20-10-14-26-15-11-20/h1-11,14-15,29H,12-13,16-19H2. The predicted molar refractivity (Wildman–Crippen MR) is 115 cm³/mol. The highest BCUT2D eigenvalue weighted by atomic mass is 16.5. The monoisotopic (exact) mass is 402 g/mol. The molecule has 0 spiro atoms. The zero-order valence-electron chi connectivity index (χ0n) is 16.9. The predicted octanol–water partition coefficient (Wildman–Crippen LogP) is 3.87. The van der Waals surface area contributed by atoms with E-state index in [2.05, 4.69) is 4.98 Å². The highest BCUT2D eigenvalue weighted by Gasteiger charge is 2.34. The van der Waals surface area contributed by atoms with Crippen molar-refractivity contribution in [2.75, 3.05) is 13.1 Å². The molecule has 2 heterocycles. The van der Waals surface area contributed by atoms with Crippen LogP contribution in [0.5, 0.6) is 5.75 Å². The number of hydrogen-bond acceptors (Lipinski definition) is 4. The molecule has 154 valence electrons. The summed E-state index contributed by atoms with van der Waals surface area (Å²) in [6, 6.07) is 21.1. The second-order valence-corrected chi connectivity index (χ2v) is 7.85. The second-order valence-electron chi connectivity index (χ2n) is 7.85. The van der Waals surface area contributed by atoms with E-state index in [-0.39, 0.29) is 5.91 Å². The van der Waals surface area contributed by atoms with E-state index in [0.29, 0.717) is 44.5 Å². The van der Waals surface area contributed by atoms with Crippen molar-refractivity contribution in [1.29, 1.82) is 0 Å². The summed E-state index contributed by atoms with van der Waals surface area (Å²) < 4.78 is 5.75. The third-order valence-electron chi connectivity index (χ3n) is 5.61. The molecule has 1 aliphatic rings. The molecule has 4 rings (SSSR count). The van der Waals surface area contributed by atoms with Gasteiger partial charge >= 0.3 is 0 Å². The van der Waals surface area contributed by atoms with Gasteiger partial charge in [0.15, 0.2) is 0 Å². The molecule has 5 nitrogen and oxygen atoms in total. The van der Waals surface area contributed by atoms with E-state index in [1.807, 2.05) is 71.6 Å². The molecular formula is C25H26N2O3. The van der Waals surface area contributed by atoms with E-state index in [4.69, 9.17) is 4.74 Å². The number of pyridine rings is 1. The lowest BCUT2D eigenvalue weighted by Gasteiger charge is -2.38. The zero-order chi connectivity index (χ0) is 20.8. The highest BCUT2D eigenvalue weighted by molar-refractivity contribution is 5.94. The van der Waals surface area contributed by atoms with Crippen LogP contribution in [0.15, 0.2) is 79.1 Å². The lowest BCUT2D eigenvalue weighted by molar-refractivity contribution is -0.0162. The fourth-order valence-electron chi connectivity index (χ4n) is 3.79. The van der Waals surface area contributed by atoms with Crippen molar-refractivity contribution < 1.29 is 14.6 Å². The maximum absolute atomic E-state index is 12.9. The maximum Gasteiger partial charge on any atom is 0.253 e. The molecule has 1 aliphatic heterocycles. The first-order valence-electron chi connectivity index (χ1n) is 10.3. The van der Waals surface area contributed by atoms with Crippen LogP contribution in [0, 0.1) is 0 Å². The number of carbonyl (C=O) groups is 1. The first-order valence-corrected chi connectivity index (χ1v) is 10.3. The minimum absolute atomic E-state index is 0.0106. The van der Waals surface area contributed by atoms with Gasteiger partial charge in [-0.1, -0.05) is 30.3 Å². The van der Waals surface area contributed by atoms with Crippen molar-refractivity contribution >= 4 is 5.91 Å². The second kappa shape index (κ2) is 9.09. The van der Waals surface area contributed by atoms with Crippen LogP contribution in [-0.2, 0) is 13.0 Å². The number of hydrogen-bond donors (Lipinski definition) is 1. The third-order valence-corrected chi connectivity index (χ3v) is 5.61. The number of likely N-dealkylation sites (tertiary alicyclic amines) is 1. The van der Waals surface area contributed by atoms with Crippen molar-refractivity contribution in [3.8, 4) is 5.75 Å². The molecule has 1 saturated heterocycles. The molecule has 0 unspecified atom stereocenters. The summed E-state index contributed by atoms with van der Waals surface area (Å²) in [5.74, 6) is 0.835. The number of piperidine rings is 1. The molecule has 1 N–H and O–H groups in total. The van der Waals surface area contributed by atoms with Crippen LogP contribution in [-0.4, -0.2) is 39.6 Å². The number of amides is 1. The summed E-state index contributed by atoms with van der Waals surface area (Å²) in [5.41, 5.74) is 1.98. The lowest BCUT2D eigenvalue weighted by Crippen LogP contribution is -2.47. The Morgan fingerprint density at radius 2 is 1.60 bits per heavy atom. The van der Waals surface area contributed by atoms with Crippen LogP contribution in [0.3, 0.4) is 0 Å². The van der Waals surface area contributed by atoms with Gasteiger partial charge in [0, 0.05) is 37.5 Å². The number of rotatable bonds is 6. The number of benzene rings is 2. The van der Waals surface area contributed by atoms with Gasteiger partial charge in [0.2, 0.25) is 0 Å². The summed E-state index contributed by atoms with van der Waals surface area (Å²) in [6.07, 6.45) is 5.22. The zero-order valence-corrected chi connectivity index (χ0v) is 16.9. The average molecular weight is 402 g/mol. The molecule has 1 amide bonds. The van der Waals surface area contributed by atoms with Crippen molar-refractivity contribution in [1.82, 2.24) is 9.88 Å². The fourth-order valence-corrected chi connectivity index (χ4v) is 3.79. The Morgan fingerprint density at radius 3 is 2.27 bits per heavy atom. The summed E-state index contributed by atoms with van der Waals surface area (Å²) in [7, 11) is 0. The van der Waals surface area contributed by atoms with E-state index in [9.17, 15) is 9.90 Å². The van der Waals surface area contributed by atoms with Gasteiger partial charge < -0.3 is 14.7 Å². The minimum atomic E-state index is -0.767. The van der Waals surface area contributed by atoms with Gasteiger partial charge in [-0.05, 0) is 60.4 Å². The SMILES string of the molecule is O=C(c1ccc(COc2ccccc2)cc1)N1CCC(O)(Cc2ccncc2)CC1. The van der Waals surface area contributed by atoms with Gasteiger partial charge in [-0.25, -0.2) is 0 Å². The number of nitrogens with zero attached hydrogens (tertiary/aromatic N) is 2. The number of carbonyl (C=O) groups excluding carboxylic acids is 1. The molecule has 0 saturated carbocycles. The molecule has 5 heteroatoms. The summed E-state index contributed by atoms with van der Waals surface area (Å²) in [4.78, 5) is 18.7. The Hall–Kier alpha value is -3.18. The van der Waals surface area contributed by atoms with Gasteiger partial charge in [0.05, 0.1) is 5.60 Å². The molecule has 2 aromatic carbocycles. The summed E-state index contributed by atoms with van der Waals surface area (Å²) >= 11 is 0. The summed E-state index contributed by atoms with van der Waals surface area (Å²) in [5, 5.41) is 10.9. The Balaban J connectivity index is 1.30. The van der Waals surface area contributed by atoms with Crippen molar-refractivity contribution in [3.63, 3.8) is 0 Å². The molecule has 3 aromatic rings. The minimum Gasteiger partial charge on any atom is -0.489 e. The largest absolute Gasteiger partial charge is 0.489 e. The van der Waals surface area contributed by atoms with Gasteiger partial charge in [-0.2, -0.15) is 0 Å². The normalized spacial score (nSPS) is 15.6. The Bertz CT molecular complexity index is 951. The lowest BCUT2D eigenvalue weighted by atomic mass is 9.85. The smallest absolute Gasteiger partial charge is 0.253 e. The molecule has 1 aromatic heterocycles. The first-order chi connectivity index (χ1) is 14.6. The third kappa shape index (κ3) is 5.05. The van der Waals surface area contributed by atoms with Crippen molar-refractivity contribution in [2.24, 2.45) is 0 Å². The number of ether oxygens (including phenoxy) is 1. The summed E-state index contributed by atoms with van der Waals surface area (Å²) in [6.45, 7) is 1.57. The van der Waals surface area contributed by atoms with Gasteiger partial charge in [-0.3, -0.25) is 9.78 Å². The van der Waals surface area contributed by atoms with Crippen LogP contribution in [0.2, 0.25) is 0 Å². The molecule has 0 aliphatic carbocycles. The molecule has 1 fully saturated rings. The van der Waals surface area contributed by atoms with E-state index in [0.717, 1.165) is 16.9 Å². The Kier molecular flexibility index (Phi) is 6.10. The molecule has 0 bridgehead atoms. The quantitative estimate of drug-likeness (QED) is 0.680. The molecule has 0 radical (unpaired) electrons. The molecular weight excluding hydrogens is 376 g/mol. The van der Waals surface area contributed by atoms with Crippen LogP contribution < -0.4 is 4.74 Å². The molecule has 0 atom stereocenters. The van der Waals surface area contributed by atoms with E-state index < -0.39 is 5.60 Å². The van der Waals surface area contributed by atoms with E-state index >= 15 is 0 Å². The van der Waals surface area contributed by atoms with Crippen LogP contribution in [0.4, 0.5) is 0 Å². The van der Waals surface area contributed by atoms with Crippen LogP contribution in [0.25, 0.3) is 0 Å². The number of aromatic nitrogens is 1. The van der Waals surface area contributed by atoms with Gasteiger partial charge in [-0.15, -0.1) is 0 Å². The van der Waals surface area contributed by atoms with Crippen LogP contribution >= 0.6 is 0 Å². The van der Waals surface area contributed by atoms with E-state index in [1.54, 1.807) is 12.4 Å². The van der Waals surface area contributed by atoms with Gasteiger partial charge in [0.1, 0.15) is 12.4 Å². The average Bonchev–Trinajstić information content (AvgIpc) is 2.79. The van der Waals surface area contributed by atoms with Gasteiger partial charge in [0.25, 0.3) is 5.91 Å². The Morgan fingerprint density at radius 1 is 0.933 bits per heavy atom. The fraction of sp³-hybridized carbons (Fsp3) is 0.280. The van der Waals surface area contributed by atoms with Crippen LogP contribution in [0.1, 0.15) is 34.3 Å². The topological polar surface area (TPSA) is 62.7 Å². The van der Waals surface area contributed by atoms with Crippen molar-refractivity contribution in [2.45, 2.75) is 31.5 Å². The van der Waals surface area contributed by atoms with E-state index in [1.165, 1.54) is 0 Å². The number of aliphatic hydroxyl groups is 1. The maximum atomic E-state index is 12.9. The Labute approximate surface area is 177 Å². The molecule has 30 heavy (non-hydrogen) atoms. The van der Waals surface area contributed by atoms with Crippen molar-refractivity contribution in [3.05, 3.63) is 95.8 Å².